The van der Waals surface area contributed by atoms with Gasteiger partial charge in [0.05, 0.1) is 7.11 Å². The number of carbonyl (C=O) groups is 1. The van der Waals surface area contributed by atoms with Crippen LogP contribution in [0.4, 0.5) is 4.79 Å². The molecule has 0 N–H and O–H groups in total. The van der Waals surface area contributed by atoms with Crippen LogP contribution in [0.25, 0.3) is 0 Å². The van der Waals surface area contributed by atoms with E-state index >= 15 is 0 Å². The van der Waals surface area contributed by atoms with Crippen LogP contribution in [0, 0.1) is 0 Å². The van der Waals surface area contributed by atoms with Crippen LogP contribution in [0.3, 0.4) is 0 Å². The second kappa shape index (κ2) is 8.81. The Kier molecular flexibility index (Phi) is 8.33. The van der Waals surface area contributed by atoms with Gasteiger partial charge in [-0.2, -0.15) is 0 Å². The molecular weight excluding hydrogens is 182 g/mol. The van der Waals surface area contributed by atoms with Crippen molar-refractivity contribution in [2.75, 3.05) is 27.4 Å². The first-order valence-electron chi connectivity index (χ1n) is 5.10. The minimum Gasteiger partial charge on any atom is -0.438 e. The molecule has 0 aromatic carbocycles. The van der Waals surface area contributed by atoms with Crippen molar-refractivity contribution >= 4 is 6.16 Å². The molecule has 14 heavy (non-hydrogen) atoms. The molecule has 0 aromatic rings. The molecule has 0 heterocycles. The molecule has 0 fully saturated rings. The lowest BCUT2D eigenvalue weighted by molar-refractivity contribution is 0.0317. The lowest BCUT2D eigenvalue weighted by Gasteiger charge is -2.15. The quantitative estimate of drug-likeness (QED) is 0.361. The van der Waals surface area contributed by atoms with E-state index in [0.29, 0.717) is 6.73 Å². The molecule has 0 aromatic heterocycles. The number of hydrogen-bond acceptors (Lipinski definition) is 4. The Morgan fingerprint density at radius 2 is 2.00 bits per heavy atom. The standard InChI is InChI=1S/C10H21NO3/c1-4-5-6-7-8-11(2)9-14-10(12)13-3/h4-9H2,1-3H3. The van der Waals surface area contributed by atoms with Crippen LogP contribution >= 0.6 is 0 Å². The van der Waals surface area contributed by atoms with E-state index in [4.69, 9.17) is 4.74 Å². The van der Waals surface area contributed by atoms with E-state index in [1.807, 2.05) is 11.9 Å². The van der Waals surface area contributed by atoms with Gasteiger partial charge in [0.15, 0.2) is 0 Å². The Morgan fingerprint density at radius 3 is 2.57 bits per heavy atom. The maximum absolute atomic E-state index is 10.6. The highest BCUT2D eigenvalue weighted by molar-refractivity contribution is 5.59. The van der Waals surface area contributed by atoms with Crippen LogP contribution in [0.1, 0.15) is 32.6 Å². The predicted octanol–water partition coefficient (Wildman–Crippen LogP) is 2.24. The molecule has 0 atom stereocenters. The van der Waals surface area contributed by atoms with Gasteiger partial charge in [0.25, 0.3) is 0 Å². The Bertz CT molecular complexity index is 150. The number of unbranched alkanes of at least 4 members (excludes halogenated alkanes) is 3. The molecule has 0 radical (unpaired) electrons. The third-order valence-electron chi connectivity index (χ3n) is 1.96. The molecule has 0 amide bonds. The van der Waals surface area contributed by atoms with E-state index in [1.54, 1.807) is 0 Å². The highest BCUT2D eigenvalue weighted by atomic mass is 16.7. The summed E-state index contributed by atoms with van der Waals surface area (Å²) in [5.74, 6) is 0. The Labute approximate surface area is 86.2 Å². The lowest BCUT2D eigenvalue weighted by atomic mass is 10.2. The van der Waals surface area contributed by atoms with Gasteiger partial charge in [-0.05, 0) is 13.5 Å². The summed E-state index contributed by atoms with van der Waals surface area (Å²) in [4.78, 5) is 12.6. The summed E-state index contributed by atoms with van der Waals surface area (Å²) in [5.41, 5.74) is 0. The van der Waals surface area contributed by atoms with Crippen molar-refractivity contribution in [1.82, 2.24) is 4.90 Å². The van der Waals surface area contributed by atoms with Crippen LogP contribution < -0.4 is 0 Å². The first-order valence-corrected chi connectivity index (χ1v) is 5.10. The SMILES string of the molecule is CCCCCCN(C)COC(=O)OC. The number of ether oxygens (including phenoxy) is 2. The molecule has 84 valence electrons. The minimum absolute atomic E-state index is 0.304. The van der Waals surface area contributed by atoms with Crippen LogP contribution in [0.2, 0.25) is 0 Å². The third-order valence-corrected chi connectivity index (χ3v) is 1.96. The first kappa shape index (κ1) is 13.2. The summed E-state index contributed by atoms with van der Waals surface area (Å²) < 4.78 is 9.13. The van der Waals surface area contributed by atoms with Gasteiger partial charge in [-0.25, -0.2) is 4.79 Å². The average molecular weight is 203 g/mol. The first-order chi connectivity index (χ1) is 6.70. The number of hydrogen-bond donors (Lipinski definition) is 0. The van der Waals surface area contributed by atoms with Gasteiger partial charge in [0, 0.05) is 6.54 Å². The van der Waals surface area contributed by atoms with Gasteiger partial charge in [-0.3, -0.25) is 4.90 Å². The van der Waals surface area contributed by atoms with Gasteiger partial charge in [-0.15, -0.1) is 0 Å². The molecular formula is C10H21NO3. The zero-order valence-corrected chi connectivity index (χ0v) is 9.41. The zero-order chi connectivity index (χ0) is 10.8. The fraction of sp³-hybridized carbons (Fsp3) is 0.900. The fourth-order valence-corrected chi connectivity index (χ4v) is 1.09. The van der Waals surface area contributed by atoms with Crippen LogP contribution in [-0.4, -0.2) is 38.5 Å². The average Bonchev–Trinajstić information content (AvgIpc) is 2.21. The molecule has 0 aliphatic heterocycles. The van der Waals surface area contributed by atoms with Crippen molar-refractivity contribution < 1.29 is 14.3 Å². The Hall–Kier alpha value is -0.770. The molecule has 0 bridgehead atoms. The van der Waals surface area contributed by atoms with Crippen molar-refractivity contribution in [2.24, 2.45) is 0 Å². The molecule has 0 aliphatic carbocycles. The summed E-state index contributed by atoms with van der Waals surface area (Å²) in [6.07, 6.45) is 4.27. The minimum atomic E-state index is -0.620. The van der Waals surface area contributed by atoms with Crippen molar-refractivity contribution in [3.8, 4) is 0 Å². The molecule has 4 nitrogen and oxygen atoms in total. The maximum Gasteiger partial charge on any atom is 0.509 e. The topological polar surface area (TPSA) is 38.8 Å². The smallest absolute Gasteiger partial charge is 0.438 e. The summed E-state index contributed by atoms with van der Waals surface area (Å²) in [6.45, 7) is 3.44. The Balaban J connectivity index is 3.27. The van der Waals surface area contributed by atoms with E-state index in [1.165, 1.54) is 26.4 Å². The molecule has 0 unspecified atom stereocenters. The number of methoxy groups -OCH3 is 1. The van der Waals surface area contributed by atoms with Crippen molar-refractivity contribution in [3.63, 3.8) is 0 Å². The summed E-state index contributed by atoms with van der Waals surface area (Å²) in [5, 5.41) is 0. The number of carbonyl (C=O) groups excluding carboxylic acids is 1. The van der Waals surface area contributed by atoms with Gasteiger partial charge < -0.3 is 9.47 Å². The molecule has 4 heteroatoms. The maximum atomic E-state index is 10.6. The Morgan fingerprint density at radius 1 is 1.29 bits per heavy atom. The van der Waals surface area contributed by atoms with E-state index in [2.05, 4.69) is 11.7 Å². The summed E-state index contributed by atoms with van der Waals surface area (Å²) in [6, 6.07) is 0. The highest BCUT2D eigenvalue weighted by Crippen LogP contribution is 2.00. The molecule has 0 saturated heterocycles. The molecule has 0 spiro atoms. The normalized spacial score (nSPS) is 10.3. The van der Waals surface area contributed by atoms with Crippen molar-refractivity contribution in [1.29, 1.82) is 0 Å². The van der Waals surface area contributed by atoms with E-state index in [-0.39, 0.29) is 0 Å². The van der Waals surface area contributed by atoms with Crippen LogP contribution in [-0.2, 0) is 9.47 Å². The molecule has 0 rings (SSSR count). The number of rotatable bonds is 7. The van der Waals surface area contributed by atoms with Gasteiger partial charge in [0.2, 0.25) is 0 Å². The zero-order valence-electron chi connectivity index (χ0n) is 9.41. The van der Waals surface area contributed by atoms with Gasteiger partial charge in [0.1, 0.15) is 6.73 Å². The van der Waals surface area contributed by atoms with Crippen molar-refractivity contribution in [3.05, 3.63) is 0 Å². The van der Waals surface area contributed by atoms with E-state index < -0.39 is 6.16 Å². The van der Waals surface area contributed by atoms with Crippen LogP contribution in [0.15, 0.2) is 0 Å². The van der Waals surface area contributed by atoms with Gasteiger partial charge >= 0.3 is 6.16 Å². The number of nitrogens with zero attached hydrogens (tertiary/aromatic N) is 1. The van der Waals surface area contributed by atoms with E-state index in [9.17, 15) is 4.79 Å². The van der Waals surface area contributed by atoms with E-state index in [0.717, 1.165) is 13.0 Å². The molecule has 0 saturated carbocycles. The molecule has 0 aliphatic rings. The van der Waals surface area contributed by atoms with Crippen molar-refractivity contribution in [2.45, 2.75) is 32.6 Å². The highest BCUT2D eigenvalue weighted by Gasteiger charge is 2.03. The monoisotopic (exact) mass is 203 g/mol. The second-order valence-electron chi connectivity index (χ2n) is 3.37. The largest absolute Gasteiger partial charge is 0.509 e. The lowest BCUT2D eigenvalue weighted by Crippen LogP contribution is -2.24. The third kappa shape index (κ3) is 7.86. The fourth-order valence-electron chi connectivity index (χ4n) is 1.09. The predicted molar refractivity (Wildman–Crippen MR) is 55.1 cm³/mol. The second-order valence-corrected chi connectivity index (χ2v) is 3.37. The van der Waals surface area contributed by atoms with Gasteiger partial charge in [-0.1, -0.05) is 26.2 Å². The summed E-state index contributed by atoms with van der Waals surface area (Å²) >= 11 is 0. The summed E-state index contributed by atoms with van der Waals surface area (Å²) in [7, 11) is 3.23. The van der Waals surface area contributed by atoms with Crippen LogP contribution in [0.5, 0.6) is 0 Å².